The first-order valence-electron chi connectivity index (χ1n) is 7.08. The molecule has 6 nitrogen and oxygen atoms in total. The maximum Gasteiger partial charge on any atom is 0.335 e. The largest absolute Gasteiger partial charge is 0.478 e. The first kappa shape index (κ1) is 15.5. The summed E-state index contributed by atoms with van der Waals surface area (Å²) in [5.74, 6) is -1.02. The molecule has 0 aromatic heterocycles. The zero-order chi connectivity index (χ0) is 15.1. The third-order valence-corrected chi connectivity index (χ3v) is 3.40. The summed E-state index contributed by atoms with van der Waals surface area (Å²) in [7, 11) is 0. The van der Waals surface area contributed by atoms with Gasteiger partial charge in [0.05, 0.1) is 18.8 Å². The minimum atomic E-state index is -0.974. The third kappa shape index (κ3) is 5.17. The van der Waals surface area contributed by atoms with Gasteiger partial charge in [-0.15, -0.1) is 0 Å². The minimum Gasteiger partial charge on any atom is -0.478 e. The average Bonchev–Trinajstić information content (AvgIpc) is 2.49. The second-order valence-corrected chi connectivity index (χ2v) is 4.99. The Hall–Kier alpha value is -1.92. The molecule has 1 aliphatic heterocycles. The number of hydrogen-bond donors (Lipinski definition) is 2. The van der Waals surface area contributed by atoms with Crippen LogP contribution in [-0.2, 0) is 9.53 Å². The van der Waals surface area contributed by atoms with Gasteiger partial charge in [-0.2, -0.15) is 0 Å². The van der Waals surface area contributed by atoms with Crippen LogP contribution in [0.3, 0.4) is 0 Å². The zero-order valence-corrected chi connectivity index (χ0v) is 11.9. The minimum absolute atomic E-state index is 0.0497. The Morgan fingerprint density at radius 2 is 1.86 bits per heavy atom. The summed E-state index contributed by atoms with van der Waals surface area (Å²) in [4.78, 5) is 24.8. The van der Waals surface area contributed by atoms with Crippen molar-refractivity contribution in [2.24, 2.45) is 0 Å². The predicted molar refractivity (Wildman–Crippen MR) is 78.5 cm³/mol. The smallest absolute Gasteiger partial charge is 0.335 e. The molecule has 1 amide bonds. The fourth-order valence-corrected chi connectivity index (χ4v) is 2.21. The van der Waals surface area contributed by atoms with Gasteiger partial charge in [0.1, 0.15) is 0 Å². The van der Waals surface area contributed by atoms with Crippen LogP contribution in [0, 0.1) is 0 Å². The van der Waals surface area contributed by atoms with Gasteiger partial charge in [-0.3, -0.25) is 9.69 Å². The number of benzene rings is 1. The zero-order valence-electron chi connectivity index (χ0n) is 11.9. The number of amides is 1. The number of carboxylic acids is 1. The van der Waals surface area contributed by atoms with Crippen molar-refractivity contribution in [3.05, 3.63) is 29.8 Å². The quantitative estimate of drug-likeness (QED) is 0.829. The lowest BCUT2D eigenvalue weighted by Gasteiger charge is -2.26. The van der Waals surface area contributed by atoms with Crippen molar-refractivity contribution < 1.29 is 19.4 Å². The number of aromatic carboxylic acids is 1. The Bertz CT molecular complexity index is 481. The van der Waals surface area contributed by atoms with Gasteiger partial charge in [0.25, 0.3) is 0 Å². The molecule has 0 unspecified atom stereocenters. The molecule has 1 aromatic rings. The second kappa shape index (κ2) is 7.75. The number of carboxylic acid groups (broad SMARTS) is 1. The van der Waals surface area contributed by atoms with Crippen molar-refractivity contribution in [1.82, 2.24) is 4.90 Å². The van der Waals surface area contributed by atoms with Gasteiger partial charge in [-0.05, 0) is 37.2 Å². The van der Waals surface area contributed by atoms with Gasteiger partial charge in [0.15, 0.2) is 0 Å². The third-order valence-electron chi connectivity index (χ3n) is 3.40. The Morgan fingerprint density at radius 1 is 1.19 bits per heavy atom. The lowest BCUT2D eigenvalue weighted by Crippen LogP contribution is -2.37. The first-order valence-corrected chi connectivity index (χ1v) is 7.08. The van der Waals surface area contributed by atoms with Crippen molar-refractivity contribution in [3.63, 3.8) is 0 Å². The van der Waals surface area contributed by atoms with Crippen LogP contribution >= 0.6 is 0 Å². The molecule has 0 atom stereocenters. The van der Waals surface area contributed by atoms with Crippen LogP contribution in [0.4, 0.5) is 5.69 Å². The maximum atomic E-state index is 11.8. The predicted octanol–water partition coefficient (Wildman–Crippen LogP) is 1.44. The summed E-state index contributed by atoms with van der Waals surface area (Å²) >= 11 is 0. The maximum absolute atomic E-state index is 11.8. The van der Waals surface area contributed by atoms with Crippen LogP contribution in [0.15, 0.2) is 24.3 Å². The molecule has 1 aliphatic rings. The van der Waals surface area contributed by atoms with E-state index < -0.39 is 5.97 Å². The summed E-state index contributed by atoms with van der Waals surface area (Å²) in [5, 5.41) is 11.6. The molecular formula is C15H20N2O4. The summed E-state index contributed by atoms with van der Waals surface area (Å²) in [6.07, 6.45) is 1.26. The molecule has 6 heteroatoms. The highest BCUT2D eigenvalue weighted by Crippen LogP contribution is 2.10. The number of hydrogen-bond acceptors (Lipinski definition) is 4. The van der Waals surface area contributed by atoms with Gasteiger partial charge in [-0.1, -0.05) is 0 Å². The fraction of sp³-hybridized carbons (Fsp3) is 0.467. The van der Waals surface area contributed by atoms with Gasteiger partial charge in [0.2, 0.25) is 5.91 Å². The highest BCUT2D eigenvalue weighted by atomic mass is 16.5. The molecule has 2 rings (SSSR count). The SMILES string of the molecule is O=C(CCCN1CCOCC1)Nc1ccc(C(=O)O)cc1. The highest BCUT2D eigenvalue weighted by molar-refractivity contribution is 5.92. The number of morpholine rings is 1. The molecule has 0 spiro atoms. The van der Waals surface area contributed by atoms with Crippen molar-refractivity contribution in [3.8, 4) is 0 Å². The van der Waals surface area contributed by atoms with Crippen LogP contribution in [0.2, 0.25) is 0 Å². The van der Waals surface area contributed by atoms with Crippen LogP contribution in [-0.4, -0.2) is 54.7 Å². The topological polar surface area (TPSA) is 78.9 Å². The lowest BCUT2D eigenvalue weighted by molar-refractivity contribution is -0.116. The molecule has 0 bridgehead atoms. The Labute approximate surface area is 123 Å². The van der Waals surface area contributed by atoms with E-state index in [1.807, 2.05) is 0 Å². The lowest BCUT2D eigenvalue weighted by atomic mass is 10.2. The average molecular weight is 292 g/mol. The van der Waals surface area contributed by atoms with E-state index in [0.29, 0.717) is 12.1 Å². The standard InChI is InChI=1S/C15H20N2O4/c18-14(2-1-7-17-8-10-21-11-9-17)16-13-5-3-12(4-6-13)15(19)20/h3-6H,1-2,7-11H2,(H,16,18)(H,19,20). The van der Waals surface area contributed by atoms with E-state index in [4.69, 9.17) is 9.84 Å². The van der Waals surface area contributed by atoms with Gasteiger partial charge in [0, 0.05) is 25.2 Å². The molecule has 0 aliphatic carbocycles. The summed E-state index contributed by atoms with van der Waals surface area (Å²) in [6, 6.07) is 6.16. The van der Waals surface area contributed by atoms with E-state index in [0.717, 1.165) is 39.3 Å². The number of carbonyl (C=O) groups excluding carboxylic acids is 1. The second-order valence-electron chi connectivity index (χ2n) is 4.99. The molecule has 114 valence electrons. The number of ether oxygens (including phenoxy) is 1. The van der Waals surface area contributed by atoms with E-state index in [2.05, 4.69) is 10.2 Å². The summed E-state index contributed by atoms with van der Waals surface area (Å²) in [5.41, 5.74) is 0.830. The van der Waals surface area contributed by atoms with Crippen LogP contribution in [0.25, 0.3) is 0 Å². The molecule has 0 radical (unpaired) electrons. The van der Waals surface area contributed by atoms with Crippen LogP contribution in [0.5, 0.6) is 0 Å². The number of nitrogens with zero attached hydrogens (tertiary/aromatic N) is 1. The molecule has 2 N–H and O–H groups in total. The highest BCUT2D eigenvalue weighted by Gasteiger charge is 2.11. The van der Waals surface area contributed by atoms with Gasteiger partial charge >= 0.3 is 5.97 Å². The van der Waals surface area contributed by atoms with Crippen molar-refractivity contribution >= 4 is 17.6 Å². The number of nitrogens with one attached hydrogen (secondary N) is 1. The molecule has 1 fully saturated rings. The van der Waals surface area contributed by atoms with Crippen molar-refractivity contribution in [2.45, 2.75) is 12.8 Å². The number of anilines is 1. The molecule has 0 saturated carbocycles. The van der Waals surface area contributed by atoms with Crippen LogP contribution < -0.4 is 5.32 Å². The number of carbonyl (C=O) groups is 2. The van der Waals surface area contributed by atoms with Crippen molar-refractivity contribution in [1.29, 1.82) is 0 Å². The van der Waals surface area contributed by atoms with E-state index in [-0.39, 0.29) is 11.5 Å². The normalized spacial score (nSPS) is 15.6. The number of rotatable bonds is 6. The van der Waals surface area contributed by atoms with Gasteiger partial charge in [-0.25, -0.2) is 4.79 Å². The molecule has 1 heterocycles. The monoisotopic (exact) mass is 292 g/mol. The first-order chi connectivity index (χ1) is 10.1. The summed E-state index contributed by atoms with van der Waals surface area (Å²) in [6.45, 7) is 4.29. The fourth-order valence-electron chi connectivity index (χ4n) is 2.21. The Morgan fingerprint density at radius 3 is 2.48 bits per heavy atom. The molecule has 1 saturated heterocycles. The van der Waals surface area contributed by atoms with Crippen LogP contribution in [0.1, 0.15) is 23.2 Å². The van der Waals surface area contributed by atoms with Crippen molar-refractivity contribution in [2.75, 3.05) is 38.2 Å². The Balaban J connectivity index is 1.70. The molecular weight excluding hydrogens is 272 g/mol. The molecule has 21 heavy (non-hydrogen) atoms. The van der Waals surface area contributed by atoms with Gasteiger partial charge < -0.3 is 15.2 Å². The Kier molecular flexibility index (Phi) is 5.71. The van der Waals surface area contributed by atoms with E-state index in [1.54, 1.807) is 12.1 Å². The van der Waals surface area contributed by atoms with E-state index >= 15 is 0 Å². The van der Waals surface area contributed by atoms with E-state index in [9.17, 15) is 9.59 Å². The summed E-state index contributed by atoms with van der Waals surface area (Å²) < 4.78 is 5.27. The molecule has 1 aromatic carbocycles. The van der Waals surface area contributed by atoms with E-state index in [1.165, 1.54) is 12.1 Å².